The van der Waals surface area contributed by atoms with Crippen LogP contribution in [0, 0.1) is 0 Å². The molecule has 0 fully saturated rings. The monoisotopic (exact) mass is 291 g/mol. The third-order valence-electron chi connectivity index (χ3n) is 2.61. The highest BCUT2D eigenvalue weighted by Crippen LogP contribution is 2.23. The lowest BCUT2D eigenvalue weighted by molar-refractivity contribution is 0.0698. The number of phenols is 1. The van der Waals surface area contributed by atoms with Gasteiger partial charge in [-0.05, 0) is 30.3 Å². The van der Waals surface area contributed by atoms with Crippen molar-refractivity contribution < 1.29 is 19.8 Å². The number of carbonyl (C=O) groups excluding carboxylic acids is 1. The molecule has 6 heteroatoms. The molecule has 0 aliphatic heterocycles. The molecular formula is C14H10ClNO4. The lowest BCUT2D eigenvalue weighted by atomic mass is 10.1. The van der Waals surface area contributed by atoms with Gasteiger partial charge in [-0.25, -0.2) is 4.79 Å². The summed E-state index contributed by atoms with van der Waals surface area (Å²) in [6.45, 7) is 0. The van der Waals surface area contributed by atoms with E-state index in [1.54, 1.807) is 12.1 Å². The Kier molecular flexibility index (Phi) is 3.91. The number of amides is 1. The molecule has 0 bridgehead atoms. The van der Waals surface area contributed by atoms with E-state index in [0.29, 0.717) is 5.02 Å². The summed E-state index contributed by atoms with van der Waals surface area (Å²) in [6, 6.07) is 10.0. The molecule has 102 valence electrons. The van der Waals surface area contributed by atoms with Crippen LogP contribution in [0.25, 0.3) is 0 Å². The van der Waals surface area contributed by atoms with Gasteiger partial charge in [0.15, 0.2) is 0 Å². The number of nitrogens with one attached hydrogen (secondary N) is 1. The second-order valence-corrected chi connectivity index (χ2v) is 4.40. The molecule has 2 aromatic rings. The first-order valence-electron chi connectivity index (χ1n) is 5.61. The number of rotatable bonds is 3. The Bertz CT molecular complexity index is 685. The molecule has 0 spiro atoms. The van der Waals surface area contributed by atoms with Crippen molar-refractivity contribution in [1.82, 2.24) is 0 Å². The fourth-order valence-electron chi connectivity index (χ4n) is 1.66. The first kappa shape index (κ1) is 13.9. The van der Waals surface area contributed by atoms with Crippen molar-refractivity contribution in [2.45, 2.75) is 0 Å². The van der Waals surface area contributed by atoms with Gasteiger partial charge in [-0.15, -0.1) is 0 Å². The molecule has 0 aliphatic carbocycles. The predicted octanol–water partition coefficient (Wildman–Crippen LogP) is 3.00. The minimum Gasteiger partial charge on any atom is -0.507 e. The highest BCUT2D eigenvalue weighted by atomic mass is 35.5. The molecule has 1 amide bonds. The van der Waals surface area contributed by atoms with E-state index in [2.05, 4.69) is 5.32 Å². The number of carboxylic acids is 1. The van der Waals surface area contributed by atoms with Gasteiger partial charge in [0.2, 0.25) is 0 Å². The standard InChI is InChI=1S/C14H10ClNO4/c15-8-5-6-9(14(19)20)11(7-8)16-13(18)10-3-1-2-4-12(10)17/h1-7,17H,(H,16,18)(H,19,20). The Morgan fingerprint density at radius 2 is 1.75 bits per heavy atom. The van der Waals surface area contributed by atoms with Gasteiger partial charge in [0.05, 0.1) is 16.8 Å². The lowest BCUT2D eigenvalue weighted by Crippen LogP contribution is -2.15. The van der Waals surface area contributed by atoms with Crippen molar-refractivity contribution in [3.63, 3.8) is 0 Å². The summed E-state index contributed by atoms with van der Waals surface area (Å²) in [6.07, 6.45) is 0. The van der Waals surface area contributed by atoms with Crippen LogP contribution < -0.4 is 5.32 Å². The first-order chi connectivity index (χ1) is 9.49. The average molecular weight is 292 g/mol. The number of hydrogen-bond donors (Lipinski definition) is 3. The molecule has 0 saturated heterocycles. The van der Waals surface area contributed by atoms with Crippen molar-refractivity contribution >= 4 is 29.2 Å². The zero-order valence-electron chi connectivity index (χ0n) is 10.1. The highest BCUT2D eigenvalue weighted by molar-refractivity contribution is 6.31. The zero-order valence-corrected chi connectivity index (χ0v) is 10.9. The summed E-state index contributed by atoms with van der Waals surface area (Å²) in [5.74, 6) is -1.99. The molecule has 0 radical (unpaired) electrons. The van der Waals surface area contributed by atoms with E-state index < -0.39 is 11.9 Å². The number of halogens is 1. The quantitative estimate of drug-likeness (QED) is 0.811. The minimum absolute atomic E-state index is 0.0452. The van der Waals surface area contributed by atoms with Gasteiger partial charge >= 0.3 is 5.97 Å². The number of carbonyl (C=O) groups is 2. The fraction of sp³-hybridized carbons (Fsp3) is 0. The molecule has 0 aromatic heterocycles. The van der Waals surface area contributed by atoms with Crippen molar-refractivity contribution in [2.24, 2.45) is 0 Å². The molecule has 20 heavy (non-hydrogen) atoms. The summed E-state index contributed by atoms with van der Waals surface area (Å²) >= 11 is 5.79. The van der Waals surface area contributed by atoms with Crippen LogP contribution in [0.1, 0.15) is 20.7 Å². The Labute approximate surface area is 119 Å². The van der Waals surface area contributed by atoms with E-state index in [1.807, 2.05) is 0 Å². The maximum Gasteiger partial charge on any atom is 0.337 e. The van der Waals surface area contributed by atoms with Crippen LogP contribution in [0.3, 0.4) is 0 Å². The van der Waals surface area contributed by atoms with Gasteiger partial charge < -0.3 is 15.5 Å². The van der Waals surface area contributed by atoms with E-state index in [1.165, 1.54) is 30.3 Å². The number of benzene rings is 2. The molecular weight excluding hydrogens is 282 g/mol. The van der Waals surface area contributed by atoms with E-state index in [9.17, 15) is 14.7 Å². The smallest absolute Gasteiger partial charge is 0.337 e. The Balaban J connectivity index is 2.35. The largest absolute Gasteiger partial charge is 0.507 e. The zero-order chi connectivity index (χ0) is 14.7. The normalized spacial score (nSPS) is 10.1. The molecule has 3 N–H and O–H groups in total. The van der Waals surface area contributed by atoms with Crippen molar-refractivity contribution in [2.75, 3.05) is 5.32 Å². The lowest BCUT2D eigenvalue weighted by Gasteiger charge is -2.09. The Morgan fingerprint density at radius 3 is 2.40 bits per heavy atom. The van der Waals surface area contributed by atoms with Gasteiger partial charge in [-0.3, -0.25) is 4.79 Å². The van der Waals surface area contributed by atoms with Crippen LogP contribution in [0.4, 0.5) is 5.69 Å². The Morgan fingerprint density at radius 1 is 1.05 bits per heavy atom. The van der Waals surface area contributed by atoms with E-state index in [4.69, 9.17) is 16.7 Å². The fourth-order valence-corrected chi connectivity index (χ4v) is 1.83. The maximum absolute atomic E-state index is 12.0. The first-order valence-corrected chi connectivity index (χ1v) is 5.99. The van der Waals surface area contributed by atoms with Crippen molar-refractivity contribution in [3.05, 3.63) is 58.6 Å². The third-order valence-corrected chi connectivity index (χ3v) is 2.84. The average Bonchev–Trinajstić information content (AvgIpc) is 2.38. The SMILES string of the molecule is O=C(Nc1cc(Cl)ccc1C(=O)O)c1ccccc1O. The molecule has 0 atom stereocenters. The molecule has 0 heterocycles. The molecule has 5 nitrogen and oxygen atoms in total. The maximum atomic E-state index is 12.0. The van der Waals surface area contributed by atoms with Crippen LogP contribution in [-0.4, -0.2) is 22.1 Å². The van der Waals surface area contributed by atoms with Gasteiger partial charge in [0.25, 0.3) is 5.91 Å². The molecule has 2 aromatic carbocycles. The molecule has 0 saturated carbocycles. The van der Waals surface area contributed by atoms with E-state index in [-0.39, 0.29) is 22.6 Å². The van der Waals surface area contributed by atoms with Crippen LogP contribution in [0.5, 0.6) is 5.75 Å². The third kappa shape index (κ3) is 2.89. The number of phenolic OH excluding ortho intramolecular Hbond substituents is 1. The summed E-state index contributed by atoms with van der Waals surface area (Å²) in [5.41, 5.74) is 0.0280. The number of aromatic hydroxyl groups is 1. The minimum atomic E-state index is -1.19. The molecule has 0 aliphatic rings. The van der Waals surface area contributed by atoms with Crippen molar-refractivity contribution in [3.8, 4) is 5.75 Å². The second kappa shape index (κ2) is 5.63. The summed E-state index contributed by atoms with van der Waals surface area (Å²) in [4.78, 5) is 23.1. The molecule has 0 unspecified atom stereocenters. The van der Waals surface area contributed by atoms with Crippen LogP contribution in [0.2, 0.25) is 5.02 Å². The van der Waals surface area contributed by atoms with Gasteiger partial charge in [0, 0.05) is 5.02 Å². The number of anilines is 1. The van der Waals surface area contributed by atoms with Crippen molar-refractivity contribution in [1.29, 1.82) is 0 Å². The summed E-state index contributed by atoms with van der Waals surface area (Å²) in [5, 5.41) is 21.4. The number of para-hydroxylation sites is 1. The van der Waals surface area contributed by atoms with Crippen LogP contribution >= 0.6 is 11.6 Å². The predicted molar refractivity (Wildman–Crippen MR) is 74.5 cm³/mol. The Hall–Kier alpha value is -2.53. The van der Waals surface area contributed by atoms with E-state index in [0.717, 1.165) is 0 Å². The van der Waals surface area contributed by atoms with Gasteiger partial charge in [-0.1, -0.05) is 23.7 Å². The van der Waals surface area contributed by atoms with Gasteiger partial charge in [-0.2, -0.15) is 0 Å². The van der Waals surface area contributed by atoms with Crippen LogP contribution in [-0.2, 0) is 0 Å². The van der Waals surface area contributed by atoms with E-state index >= 15 is 0 Å². The summed E-state index contributed by atoms with van der Waals surface area (Å²) in [7, 11) is 0. The molecule has 2 rings (SSSR count). The van der Waals surface area contributed by atoms with Crippen LogP contribution in [0.15, 0.2) is 42.5 Å². The second-order valence-electron chi connectivity index (χ2n) is 3.97. The number of carboxylic acid groups (broad SMARTS) is 1. The number of aromatic carboxylic acids is 1. The summed E-state index contributed by atoms with van der Waals surface area (Å²) < 4.78 is 0. The van der Waals surface area contributed by atoms with Gasteiger partial charge in [0.1, 0.15) is 5.75 Å². The topological polar surface area (TPSA) is 86.6 Å². The highest BCUT2D eigenvalue weighted by Gasteiger charge is 2.15. The number of hydrogen-bond acceptors (Lipinski definition) is 3.